The van der Waals surface area contributed by atoms with Crippen molar-refractivity contribution in [3.05, 3.63) is 59.9 Å². The first-order valence-electron chi connectivity index (χ1n) is 6.79. The van der Waals surface area contributed by atoms with E-state index in [1.807, 2.05) is 0 Å². The number of benzene rings is 2. The summed E-state index contributed by atoms with van der Waals surface area (Å²) in [5, 5.41) is 21.0. The van der Waals surface area contributed by atoms with E-state index in [4.69, 9.17) is 0 Å². The summed E-state index contributed by atoms with van der Waals surface area (Å²) in [5.74, 6) is 0.780. The molecule has 7 nitrogen and oxygen atoms in total. The predicted octanol–water partition coefficient (Wildman–Crippen LogP) is 1.36. The highest BCUT2D eigenvalue weighted by Crippen LogP contribution is 2.16. The monoisotopic (exact) mass is 330 g/mol. The number of hydrogen-bond donors (Lipinski definition) is 1. The van der Waals surface area contributed by atoms with Crippen molar-refractivity contribution >= 4 is 9.84 Å². The fourth-order valence-corrected chi connectivity index (χ4v) is 2.78. The molecule has 0 radical (unpaired) electrons. The third-order valence-electron chi connectivity index (χ3n) is 3.34. The number of nitrogens with zero attached hydrogens (tertiary/aromatic N) is 4. The fourth-order valence-electron chi connectivity index (χ4n) is 2.15. The zero-order valence-corrected chi connectivity index (χ0v) is 13.1. The largest absolute Gasteiger partial charge is 0.508 e. The molecule has 0 aliphatic heterocycles. The summed E-state index contributed by atoms with van der Waals surface area (Å²) in [6.45, 7) is 0. The second kappa shape index (κ2) is 5.81. The number of phenolic OH excluding ortho intramolecular Hbond substituents is 1. The number of hydrogen-bond acceptors (Lipinski definition) is 6. The van der Waals surface area contributed by atoms with Crippen LogP contribution in [0.15, 0.2) is 53.4 Å². The lowest BCUT2D eigenvalue weighted by atomic mass is 10.1. The molecule has 0 unspecified atom stereocenters. The summed E-state index contributed by atoms with van der Waals surface area (Å²) in [4.78, 5) is 0.277. The maximum Gasteiger partial charge on any atom is 0.175 e. The molecule has 118 valence electrons. The Morgan fingerprint density at radius 3 is 2.30 bits per heavy atom. The quantitative estimate of drug-likeness (QED) is 0.775. The average molecular weight is 330 g/mol. The highest BCUT2D eigenvalue weighted by atomic mass is 32.2. The van der Waals surface area contributed by atoms with Gasteiger partial charge in [-0.1, -0.05) is 12.1 Å². The molecule has 0 aliphatic rings. The first-order chi connectivity index (χ1) is 10.9. The molecule has 0 spiro atoms. The molecule has 0 saturated carbocycles. The van der Waals surface area contributed by atoms with Gasteiger partial charge in [-0.3, -0.25) is 0 Å². The molecular weight excluding hydrogens is 316 g/mol. The van der Waals surface area contributed by atoms with Crippen LogP contribution in [0.4, 0.5) is 0 Å². The Kier molecular flexibility index (Phi) is 3.83. The fraction of sp³-hybridized carbons (Fsp3) is 0.133. The van der Waals surface area contributed by atoms with Crippen LogP contribution in [-0.4, -0.2) is 40.0 Å². The van der Waals surface area contributed by atoms with E-state index in [1.165, 1.54) is 6.26 Å². The highest BCUT2D eigenvalue weighted by molar-refractivity contribution is 7.90. The lowest BCUT2D eigenvalue weighted by Crippen LogP contribution is -2.04. The molecule has 0 fully saturated rings. The lowest BCUT2D eigenvalue weighted by molar-refractivity contribution is 0.475. The van der Waals surface area contributed by atoms with Crippen molar-refractivity contribution in [2.75, 3.05) is 6.26 Å². The van der Waals surface area contributed by atoms with E-state index < -0.39 is 9.84 Å². The smallest absolute Gasteiger partial charge is 0.175 e. The van der Waals surface area contributed by atoms with Crippen LogP contribution in [0.2, 0.25) is 0 Å². The van der Waals surface area contributed by atoms with Crippen LogP contribution in [0, 0.1) is 0 Å². The Balaban J connectivity index is 1.87. The normalized spacial score (nSPS) is 11.5. The predicted molar refractivity (Wildman–Crippen MR) is 83.2 cm³/mol. The van der Waals surface area contributed by atoms with E-state index >= 15 is 0 Å². The van der Waals surface area contributed by atoms with Crippen LogP contribution in [0.3, 0.4) is 0 Å². The van der Waals surface area contributed by atoms with Crippen molar-refractivity contribution in [1.82, 2.24) is 20.2 Å². The van der Waals surface area contributed by atoms with Crippen LogP contribution >= 0.6 is 0 Å². The van der Waals surface area contributed by atoms with Gasteiger partial charge in [0.05, 0.1) is 10.6 Å². The topological polar surface area (TPSA) is 98.0 Å². The van der Waals surface area contributed by atoms with Crippen molar-refractivity contribution in [2.45, 2.75) is 11.3 Å². The standard InChI is InChI=1S/C15H14N4O3S/c1-23(21,22)14-8-2-11(3-9-14)10-15-16-17-18-19(15)12-4-6-13(20)7-5-12/h2-9,20H,10H2,1H3. The molecule has 0 bridgehead atoms. The minimum absolute atomic E-state index is 0.166. The second-order valence-corrected chi connectivity index (χ2v) is 7.13. The van der Waals surface area contributed by atoms with Gasteiger partial charge in [0.15, 0.2) is 15.7 Å². The Morgan fingerprint density at radius 2 is 1.70 bits per heavy atom. The van der Waals surface area contributed by atoms with Gasteiger partial charge in [-0.15, -0.1) is 5.10 Å². The van der Waals surface area contributed by atoms with Crippen molar-refractivity contribution in [2.24, 2.45) is 0 Å². The molecule has 2 aromatic carbocycles. The van der Waals surface area contributed by atoms with Gasteiger partial charge in [0.1, 0.15) is 5.75 Å². The molecule has 1 aromatic heterocycles. The molecular formula is C15H14N4O3S. The molecule has 3 rings (SSSR count). The van der Waals surface area contributed by atoms with E-state index in [0.717, 1.165) is 11.3 Å². The van der Waals surface area contributed by atoms with Crippen LogP contribution in [0.1, 0.15) is 11.4 Å². The number of phenols is 1. The van der Waals surface area contributed by atoms with E-state index in [9.17, 15) is 13.5 Å². The Morgan fingerprint density at radius 1 is 1.04 bits per heavy atom. The van der Waals surface area contributed by atoms with Gasteiger partial charge in [0.25, 0.3) is 0 Å². The van der Waals surface area contributed by atoms with Gasteiger partial charge < -0.3 is 5.11 Å². The van der Waals surface area contributed by atoms with Crippen molar-refractivity contribution in [3.8, 4) is 11.4 Å². The summed E-state index contributed by atoms with van der Waals surface area (Å²) in [7, 11) is -3.21. The van der Waals surface area contributed by atoms with Crippen LogP contribution in [0.5, 0.6) is 5.75 Å². The van der Waals surface area contributed by atoms with Crippen molar-refractivity contribution in [3.63, 3.8) is 0 Å². The average Bonchev–Trinajstić information content (AvgIpc) is 2.96. The summed E-state index contributed by atoms with van der Waals surface area (Å²) in [6, 6.07) is 13.2. The number of aromatic nitrogens is 4. The van der Waals surface area contributed by atoms with Crippen LogP contribution in [-0.2, 0) is 16.3 Å². The first-order valence-corrected chi connectivity index (χ1v) is 8.68. The molecule has 8 heteroatoms. The SMILES string of the molecule is CS(=O)(=O)c1ccc(Cc2nnnn2-c2ccc(O)cc2)cc1. The molecule has 0 aliphatic carbocycles. The molecule has 1 N–H and O–H groups in total. The Hall–Kier alpha value is -2.74. The molecule has 23 heavy (non-hydrogen) atoms. The number of sulfone groups is 1. The zero-order chi connectivity index (χ0) is 16.4. The first kappa shape index (κ1) is 15.2. The summed E-state index contributed by atoms with van der Waals surface area (Å²) < 4.78 is 24.5. The third-order valence-corrected chi connectivity index (χ3v) is 4.47. The van der Waals surface area contributed by atoms with Crippen molar-refractivity contribution < 1.29 is 13.5 Å². The summed E-state index contributed by atoms with van der Waals surface area (Å²) in [5.41, 5.74) is 1.63. The molecule has 1 heterocycles. The van der Waals surface area contributed by atoms with Crippen molar-refractivity contribution in [1.29, 1.82) is 0 Å². The van der Waals surface area contributed by atoms with E-state index in [0.29, 0.717) is 12.2 Å². The number of aromatic hydroxyl groups is 1. The molecule has 3 aromatic rings. The van der Waals surface area contributed by atoms with E-state index in [-0.39, 0.29) is 10.6 Å². The maximum atomic E-state index is 11.5. The minimum atomic E-state index is -3.21. The van der Waals surface area contributed by atoms with E-state index in [2.05, 4.69) is 15.5 Å². The summed E-state index contributed by atoms with van der Waals surface area (Å²) >= 11 is 0. The molecule has 0 amide bonds. The number of rotatable bonds is 4. The molecule has 0 saturated heterocycles. The summed E-state index contributed by atoms with van der Waals surface area (Å²) in [6.07, 6.45) is 1.63. The van der Waals surface area contributed by atoms with Crippen LogP contribution in [0.25, 0.3) is 5.69 Å². The van der Waals surface area contributed by atoms with Crippen LogP contribution < -0.4 is 0 Å². The Bertz CT molecular complexity index is 916. The number of tetrazole rings is 1. The molecule has 0 atom stereocenters. The van der Waals surface area contributed by atoms with Gasteiger partial charge in [-0.2, -0.15) is 4.68 Å². The lowest BCUT2D eigenvalue weighted by Gasteiger charge is -2.05. The zero-order valence-electron chi connectivity index (χ0n) is 12.3. The maximum absolute atomic E-state index is 11.5. The second-order valence-electron chi connectivity index (χ2n) is 5.12. The van der Waals surface area contributed by atoms with Gasteiger partial charge in [0.2, 0.25) is 0 Å². The highest BCUT2D eigenvalue weighted by Gasteiger charge is 2.11. The Labute approximate surface area is 133 Å². The van der Waals surface area contributed by atoms with Gasteiger partial charge >= 0.3 is 0 Å². The van der Waals surface area contributed by atoms with Gasteiger partial charge in [-0.05, 0) is 52.4 Å². The third kappa shape index (κ3) is 3.37. The van der Waals surface area contributed by atoms with Gasteiger partial charge in [-0.25, -0.2) is 8.42 Å². The van der Waals surface area contributed by atoms with E-state index in [1.54, 1.807) is 53.2 Å². The minimum Gasteiger partial charge on any atom is -0.508 e. The van der Waals surface area contributed by atoms with Gasteiger partial charge in [0, 0.05) is 12.7 Å².